The molecule has 1 amide bonds. The Balaban J connectivity index is 2.54. The summed E-state index contributed by atoms with van der Waals surface area (Å²) in [6.45, 7) is 9.37. The maximum atomic E-state index is 11.5. The van der Waals surface area contributed by atoms with Crippen molar-refractivity contribution in [1.29, 1.82) is 0 Å². The van der Waals surface area contributed by atoms with E-state index in [1.807, 2.05) is 20.8 Å². The third-order valence-corrected chi connectivity index (χ3v) is 3.46. The number of hydrogen-bond acceptors (Lipinski definition) is 4. The maximum absolute atomic E-state index is 11.5. The molecule has 1 heterocycles. The van der Waals surface area contributed by atoms with Crippen molar-refractivity contribution in [3.05, 3.63) is 18.0 Å². The first-order chi connectivity index (χ1) is 11.3. The molecule has 24 heavy (non-hydrogen) atoms. The Morgan fingerprint density at radius 2 is 2.04 bits per heavy atom. The molecule has 136 valence electrons. The Kier molecular flexibility index (Phi) is 7.70. The number of guanidine groups is 1. The van der Waals surface area contributed by atoms with Crippen LogP contribution in [0.5, 0.6) is 0 Å². The molecule has 0 bridgehead atoms. The molecule has 0 aliphatic carbocycles. The molecule has 1 atom stereocenters. The van der Waals surface area contributed by atoms with Crippen LogP contribution < -0.4 is 16.0 Å². The van der Waals surface area contributed by atoms with Gasteiger partial charge in [-0.3, -0.25) is 9.48 Å². The summed E-state index contributed by atoms with van der Waals surface area (Å²) in [6.07, 6.45) is 3.41. The highest BCUT2D eigenvalue weighted by atomic mass is 16.3. The van der Waals surface area contributed by atoms with Gasteiger partial charge in [-0.25, -0.2) is 4.99 Å². The Morgan fingerprint density at radius 3 is 2.58 bits per heavy atom. The quantitative estimate of drug-likeness (QED) is 0.302. The van der Waals surface area contributed by atoms with Gasteiger partial charge in [-0.1, -0.05) is 13.8 Å². The monoisotopic (exact) mass is 338 g/mol. The lowest BCUT2D eigenvalue weighted by Gasteiger charge is -2.20. The summed E-state index contributed by atoms with van der Waals surface area (Å²) in [5.74, 6) is 0.597. The van der Waals surface area contributed by atoms with Gasteiger partial charge in [-0.15, -0.1) is 0 Å². The highest BCUT2D eigenvalue weighted by Crippen LogP contribution is 2.19. The number of aromatic nitrogens is 2. The third kappa shape index (κ3) is 6.57. The van der Waals surface area contributed by atoms with Gasteiger partial charge in [0.15, 0.2) is 5.96 Å². The average Bonchev–Trinajstić information content (AvgIpc) is 2.96. The van der Waals surface area contributed by atoms with Crippen molar-refractivity contribution in [2.75, 3.05) is 26.2 Å². The number of nitrogens with one attached hydrogen (secondary N) is 3. The second kappa shape index (κ2) is 9.27. The van der Waals surface area contributed by atoms with Crippen molar-refractivity contribution in [3.63, 3.8) is 0 Å². The highest BCUT2D eigenvalue weighted by molar-refractivity contribution is 5.80. The number of amides is 1. The molecule has 8 heteroatoms. The largest absolute Gasteiger partial charge is 0.383 e. The number of aliphatic imine (C=N–C) groups is 1. The maximum Gasteiger partial charge on any atom is 0.222 e. The molecule has 1 aromatic heterocycles. The number of nitrogens with zero attached hydrogens (tertiary/aromatic N) is 3. The van der Waals surface area contributed by atoms with Crippen LogP contribution in [0.15, 0.2) is 17.4 Å². The predicted molar refractivity (Wildman–Crippen MR) is 94.6 cm³/mol. The molecule has 0 aliphatic heterocycles. The van der Waals surface area contributed by atoms with Crippen molar-refractivity contribution in [1.82, 2.24) is 25.7 Å². The molecule has 0 fully saturated rings. The summed E-state index contributed by atoms with van der Waals surface area (Å²) in [4.78, 5) is 15.9. The van der Waals surface area contributed by atoms with Gasteiger partial charge < -0.3 is 21.1 Å². The smallest absolute Gasteiger partial charge is 0.222 e. The third-order valence-electron chi connectivity index (χ3n) is 3.46. The van der Waals surface area contributed by atoms with E-state index in [0.29, 0.717) is 31.2 Å². The van der Waals surface area contributed by atoms with Crippen molar-refractivity contribution in [3.8, 4) is 0 Å². The SMILES string of the molecule is CCNC(=NCC(C)(O)c1cnn(C)c1)NCCNC(=O)C(C)C. The van der Waals surface area contributed by atoms with Crippen LogP contribution in [0.3, 0.4) is 0 Å². The second-order valence-corrected chi connectivity index (χ2v) is 6.24. The molecule has 0 spiro atoms. The van der Waals surface area contributed by atoms with Crippen molar-refractivity contribution < 1.29 is 9.90 Å². The first kappa shape index (κ1) is 20.0. The molecule has 8 nitrogen and oxygen atoms in total. The van der Waals surface area contributed by atoms with E-state index in [2.05, 4.69) is 26.0 Å². The Bertz CT molecular complexity index is 551. The molecule has 1 rings (SSSR count). The minimum absolute atomic E-state index is 0.0262. The molecular weight excluding hydrogens is 308 g/mol. The van der Waals surface area contributed by atoms with E-state index >= 15 is 0 Å². The van der Waals surface area contributed by atoms with Crippen LogP contribution in [-0.4, -0.2) is 52.9 Å². The zero-order valence-corrected chi connectivity index (χ0v) is 15.3. The van der Waals surface area contributed by atoms with Gasteiger partial charge in [-0.2, -0.15) is 5.10 Å². The normalized spacial score (nSPS) is 14.4. The standard InChI is InChI=1S/C16H30N6O2/c1-6-17-15(19-8-7-18-14(23)12(2)3)20-11-16(4,24)13-9-21-22(5)10-13/h9-10,12,24H,6-8,11H2,1-5H3,(H,18,23)(H2,17,19,20). The number of carbonyl (C=O) groups is 1. The summed E-state index contributed by atoms with van der Waals surface area (Å²) in [5.41, 5.74) is -0.378. The number of aliphatic hydroxyl groups is 1. The van der Waals surface area contributed by atoms with Gasteiger partial charge in [0.05, 0.1) is 12.7 Å². The molecule has 0 aromatic carbocycles. The lowest BCUT2D eigenvalue weighted by Crippen LogP contribution is -2.42. The number of rotatable bonds is 8. The van der Waals surface area contributed by atoms with Gasteiger partial charge in [0, 0.05) is 44.4 Å². The molecule has 0 saturated carbocycles. The molecule has 0 radical (unpaired) electrons. The van der Waals surface area contributed by atoms with E-state index in [1.165, 1.54) is 0 Å². The Labute approximate surface area is 143 Å². The van der Waals surface area contributed by atoms with Crippen molar-refractivity contribution in [2.24, 2.45) is 18.0 Å². The molecular formula is C16H30N6O2. The Hall–Kier alpha value is -2.09. The minimum atomic E-state index is -1.09. The van der Waals surface area contributed by atoms with Gasteiger partial charge >= 0.3 is 0 Å². The van der Waals surface area contributed by atoms with Gasteiger partial charge in [0.1, 0.15) is 5.60 Å². The predicted octanol–water partition coefficient (Wildman–Crippen LogP) is -0.0451. The van der Waals surface area contributed by atoms with E-state index in [4.69, 9.17) is 0 Å². The Morgan fingerprint density at radius 1 is 1.38 bits per heavy atom. The zero-order valence-electron chi connectivity index (χ0n) is 15.3. The van der Waals surface area contributed by atoms with E-state index in [-0.39, 0.29) is 18.4 Å². The fourth-order valence-electron chi connectivity index (χ4n) is 1.94. The van der Waals surface area contributed by atoms with E-state index in [1.54, 1.807) is 31.0 Å². The highest BCUT2D eigenvalue weighted by Gasteiger charge is 2.24. The number of hydrogen-bond donors (Lipinski definition) is 4. The number of carbonyl (C=O) groups excluding carboxylic acids is 1. The zero-order chi connectivity index (χ0) is 18.2. The van der Waals surface area contributed by atoms with Crippen LogP contribution >= 0.6 is 0 Å². The summed E-state index contributed by atoms with van der Waals surface area (Å²) in [7, 11) is 1.81. The fourth-order valence-corrected chi connectivity index (χ4v) is 1.94. The topological polar surface area (TPSA) is 104 Å². The van der Waals surface area contributed by atoms with Gasteiger partial charge in [0.25, 0.3) is 0 Å². The lowest BCUT2D eigenvalue weighted by atomic mass is 10.0. The van der Waals surface area contributed by atoms with Gasteiger partial charge in [0.2, 0.25) is 5.91 Å². The molecule has 0 saturated heterocycles. The summed E-state index contributed by atoms with van der Waals surface area (Å²) in [5, 5.41) is 23.7. The molecule has 4 N–H and O–H groups in total. The first-order valence-corrected chi connectivity index (χ1v) is 8.27. The van der Waals surface area contributed by atoms with Crippen molar-refractivity contribution >= 4 is 11.9 Å². The summed E-state index contributed by atoms with van der Waals surface area (Å²) >= 11 is 0. The van der Waals surface area contributed by atoms with Crippen molar-refractivity contribution in [2.45, 2.75) is 33.3 Å². The van der Waals surface area contributed by atoms with Crippen LogP contribution in [0, 0.1) is 5.92 Å². The van der Waals surface area contributed by atoms with Crippen LogP contribution in [0.1, 0.15) is 33.3 Å². The van der Waals surface area contributed by atoms with Crippen LogP contribution in [0.25, 0.3) is 0 Å². The molecule has 0 aliphatic rings. The van der Waals surface area contributed by atoms with Gasteiger partial charge in [-0.05, 0) is 13.8 Å². The van der Waals surface area contributed by atoms with E-state index < -0.39 is 5.60 Å². The van der Waals surface area contributed by atoms with Crippen LogP contribution in [-0.2, 0) is 17.4 Å². The molecule has 1 unspecified atom stereocenters. The fraction of sp³-hybridized carbons (Fsp3) is 0.688. The van der Waals surface area contributed by atoms with Crippen LogP contribution in [0.4, 0.5) is 0 Å². The summed E-state index contributed by atoms with van der Waals surface area (Å²) in [6, 6.07) is 0. The summed E-state index contributed by atoms with van der Waals surface area (Å²) < 4.78 is 1.65. The van der Waals surface area contributed by atoms with E-state index in [9.17, 15) is 9.90 Å². The van der Waals surface area contributed by atoms with Crippen LogP contribution in [0.2, 0.25) is 0 Å². The minimum Gasteiger partial charge on any atom is -0.383 e. The first-order valence-electron chi connectivity index (χ1n) is 8.27. The number of aryl methyl sites for hydroxylation is 1. The second-order valence-electron chi connectivity index (χ2n) is 6.24. The molecule has 1 aromatic rings. The lowest BCUT2D eigenvalue weighted by molar-refractivity contribution is -0.123. The average molecular weight is 338 g/mol. The van der Waals surface area contributed by atoms with E-state index in [0.717, 1.165) is 0 Å².